The molecule has 0 saturated heterocycles. The lowest BCUT2D eigenvalue weighted by Crippen LogP contribution is -2.07. The van der Waals surface area contributed by atoms with E-state index in [-0.39, 0.29) is 12.1 Å². The molecule has 3 aromatic rings. The first-order valence-electron chi connectivity index (χ1n) is 6.87. The van der Waals surface area contributed by atoms with Crippen molar-refractivity contribution in [1.29, 1.82) is 0 Å². The zero-order chi connectivity index (χ0) is 15.0. The normalized spacial score (nSPS) is 13.0. The number of benzene rings is 1. The zero-order valence-corrected chi connectivity index (χ0v) is 13.8. The minimum absolute atomic E-state index is 0.0977. The van der Waals surface area contributed by atoms with Crippen molar-refractivity contribution in [3.8, 4) is 5.75 Å². The van der Waals surface area contributed by atoms with Gasteiger partial charge in [-0.1, -0.05) is 6.07 Å². The number of aromatic amines is 1. The van der Waals surface area contributed by atoms with Crippen LogP contribution in [0.2, 0.25) is 0 Å². The van der Waals surface area contributed by atoms with Crippen molar-refractivity contribution in [2.45, 2.75) is 32.9 Å². The summed E-state index contributed by atoms with van der Waals surface area (Å²) in [5.41, 5.74) is 1.99. The van der Waals surface area contributed by atoms with Gasteiger partial charge in [-0.15, -0.1) is 11.3 Å². The van der Waals surface area contributed by atoms with E-state index in [2.05, 4.69) is 27.5 Å². The summed E-state index contributed by atoms with van der Waals surface area (Å²) in [6.07, 6.45) is 1.94. The molecule has 1 unspecified atom stereocenters. The average Bonchev–Trinajstić information content (AvgIpc) is 3.05. The van der Waals surface area contributed by atoms with Crippen LogP contribution in [0.3, 0.4) is 0 Å². The maximum atomic E-state index is 5.86. The Bertz CT molecular complexity index is 802. The zero-order valence-electron chi connectivity index (χ0n) is 12.2. The molecule has 0 amide bonds. The molecule has 21 heavy (non-hydrogen) atoms. The van der Waals surface area contributed by atoms with Crippen molar-refractivity contribution < 1.29 is 4.74 Å². The SMILES string of the molecule is CC(C)Oc1cccc2c1[nH]c(=S)n2C(C)c1nccs1. The lowest BCUT2D eigenvalue weighted by Gasteiger charge is -2.13. The van der Waals surface area contributed by atoms with Crippen LogP contribution in [0, 0.1) is 4.77 Å². The van der Waals surface area contributed by atoms with Gasteiger partial charge in [-0.25, -0.2) is 4.98 Å². The van der Waals surface area contributed by atoms with Gasteiger partial charge in [0.2, 0.25) is 0 Å². The number of imidazole rings is 1. The van der Waals surface area contributed by atoms with E-state index in [1.807, 2.05) is 37.6 Å². The number of fused-ring (bicyclic) bond motifs is 1. The topological polar surface area (TPSA) is 42.8 Å². The fourth-order valence-corrected chi connectivity index (χ4v) is 3.45. The molecule has 0 aliphatic carbocycles. The number of ether oxygens (including phenoxy) is 1. The smallest absolute Gasteiger partial charge is 0.178 e. The first-order valence-corrected chi connectivity index (χ1v) is 8.16. The fourth-order valence-electron chi connectivity index (χ4n) is 2.41. The standard InChI is InChI=1S/C15H17N3OS2/c1-9(2)19-12-6-4-5-11-13(12)17-15(20)18(11)10(3)14-16-7-8-21-14/h4-10H,1-3H3,(H,17,20). The summed E-state index contributed by atoms with van der Waals surface area (Å²) in [6.45, 7) is 6.14. The highest BCUT2D eigenvalue weighted by Gasteiger charge is 2.17. The number of hydrogen-bond donors (Lipinski definition) is 1. The van der Waals surface area contributed by atoms with Gasteiger partial charge < -0.3 is 14.3 Å². The van der Waals surface area contributed by atoms with E-state index < -0.39 is 0 Å². The number of aromatic nitrogens is 3. The van der Waals surface area contributed by atoms with E-state index in [1.54, 1.807) is 11.3 Å². The number of para-hydroxylation sites is 1. The Balaban J connectivity index is 2.16. The van der Waals surface area contributed by atoms with E-state index in [9.17, 15) is 0 Å². The number of nitrogens with zero attached hydrogens (tertiary/aromatic N) is 2. The maximum Gasteiger partial charge on any atom is 0.178 e. The summed E-state index contributed by atoms with van der Waals surface area (Å²) in [4.78, 5) is 7.67. The van der Waals surface area contributed by atoms with Gasteiger partial charge in [0.25, 0.3) is 0 Å². The third-order valence-corrected chi connectivity index (χ3v) is 4.52. The Morgan fingerprint density at radius 1 is 1.33 bits per heavy atom. The molecule has 2 heterocycles. The van der Waals surface area contributed by atoms with Crippen LogP contribution < -0.4 is 4.74 Å². The molecule has 0 bridgehead atoms. The van der Waals surface area contributed by atoms with Crippen molar-refractivity contribution in [3.05, 3.63) is 39.6 Å². The molecule has 110 valence electrons. The highest BCUT2D eigenvalue weighted by atomic mass is 32.1. The fraction of sp³-hybridized carbons (Fsp3) is 0.333. The van der Waals surface area contributed by atoms with E-state index in [4.69, 9.17) is 17.0 Å². The van der Waals surface area contributed by atoms with Crippen LogP contribution >= 0.6 is 23.6 Å². The van der Waals surface area contributed by atoms with Crippen molar-refractivity contribution in [3.63, 3.8) is 0 Å². The first-order chi connectivity index (χ1) is 10.1. The van der Waals surface area contributed by atoms with Crippen molar-refractivity contribution in [1.82, 2.24) is 14.5 Å². The Morgan fingerprint density at radius 2 is 2.14 bits per heavy atom. The molecule has 3 rings (SSSR count). The average molecular weight is 319 g/mol. The summed E-state index contributed by atoms with van der Waals surface area (Å²) in [6, 6.07) is 6.11. The molecule has 0 spiro atoms. The Kier molecular flexibility index (Phi) is 3.82. The Morgan fingerprint density at radius 3 is 2.81 bits per heavy atom. The molecule has 0 aliphatic rings. The number of nitrogens with one attached hydrogen (secondary N) is 1. The van der Waals surface area contributed by atoms with Crippen molar-refractivity contribution in [2.24, 2.45) is 0 Å². The molecule has 0 aliphatic heterocycles. The predicted molar refractivity (Wildman–Crippen MR) is 88.8 cm³/mol. The van der Waals surface area contributed by atoms with Crippen LogP contribution in [0.25, 0.3) is 11.0 Å². The third-order valence-electron chi connectivity index (χ3n) is 3.27. The second kappa shape index (κ2) is 5.61. The van der Waals surface area contributed by atoms with Gasteiger partial charge in [-0.2, -0.15) is 0 Å². The van der Waals surface area contributed by atoms with Crippen molar-refractivity contribution in [2.75, 3.05) is 0 Å². The quantitative estimate of drug-likeness (QED) is 0.717. The number of hydrogen-bond acceptors (Lipinski definition) is 4. The minimum Gasteiger partial charge on any atom is -0.489 e. The van der Waals surface area contributed by atoms with E-state index in [0.29, 0.717) is 4.77 Å². The molecule has 6 heteroatoms. The van der Waals surface area contributed by atoms with Crippen LogP contribution in [0.15, 0.2) is 29.8 Å². The van der Waals surface area contributed by atoms with Gasteiger partial charge in [-0.3, -0.25) is 0 Å². The minimum atomic E-state index is 0.0977. The van der Waals surface area contributed by atoms with E-state index in [0.717, 1.165) is 21.8 Å². The second-order valence-corrected chi connectivity index (χ2v) is 6.48. The van der Waals surface area contributed by atoms with Crippen LogP contribution in [0.4, 0.5) is 0 Å². The lowest BCUT2D eigenvalue weighted by molar-refractivity contribution is 0.245. The number of H-pyrrole nitrogens is 1. The second-order valence-electron chi connectivity index (χ2n) is 5.16. The Labute approximate surface area is 132 Å². The predicted octanol–water partition coefficient (Wildman–Crippen LogP) is 4.55. The van der Waals surface area contributed by atoms with Crippen LogP contribution in [0.1, 0.15) is 31.8 Å². The Hall–Kier alpha value is -1.66. The number of rotatable bonds is 4. The summed E-state index contributed by atoms with van der Waals surface area (Å²) >= 11 is 7.14. The van der Waals surface area contributed by atoms with Gasteiger partial charge in [0, 0.05) is 11.6 Å². The largest absolute Gasteiger partial charge is 0.489 e. The monoisotopic (exact) mass is 319 g/mol. The molecular formula is C15H17N3OS2. The maximum absolute atomic E-state index is 5.86. The lowest BCUT2D eigenvalue weighted by atomic mass is 10.2. The molecule has 0 fully saturated rings. The van der Waals surface area contributed by atoms with Crippen LogP contribution in [-0.4, -0.2) is 20.6 Å². The first kappa shape index (κ1) is 14.3. The summed E-state index contributed by atoms with van der Waals surface area (Å²) in [5.74, 6) is 0.832. The van der Waals surface area contributed by atoms with Crippen LogP contribution in [0.5, 0.6) is 5.75 Å². The third kappa shape index (κ3) is 2.61. The summed E-state index contributed by atoms with van der Waals surface area (Å²) < 4.78 is 8.64. The molecule has 0 saturated carbocycles. The molecule has 1 atom stereocenters. The highest BCUT2D eigenvalue weighted by Crippen LogP contribution is 2.30. The van der Waals surface area contributed by atoms with Crippen LogP contribution in [-0.2, 0) is 0 Å². The molecular weight excluding hydrogens is 302 g/mol. The van der Waals surface area contributed by atoms with Crippen molar-refractivity contribution >= 4 is 34.6 Å². The van der Waals surface area contributed by atoms with Gasteiger partial charge in [0.05, 0.1) is 17.7 Å². The number of thiazole rings is 1. The molecule has 1 aromatic carbocycles. The molecule has 4 nitrogen and oxygen atoms in total. The molecule has 0 radical (unpaired) electrons. The highest BCUT2D eigenvalue weighted by molar-refractivity contribution is 7.71. The molecule has 2 aromatic heterocycles. The van der Waals surface area contributed by atoms with E-state index >= 15 is 0 Å². The van der Waals surface area contributed by atoms with Gasteiger partial charge in [-0.05, 0) is 45.1 Å². The summed E-state index contributed by atoms with van der Waals surface area (Å²) in [7, 11) is 0. The summed E-state index contributed by atoms with van der Waals surface area (Å²) in [5, 5.41) is 3.03. The van der Waals surface area contributed by atoms with Gasteiger partial charge in [0.1, 0.15) is 16.3 Å². The van der Waals surface area contributed by atoms with Gasteiger partial charge in [0.15, 0.2) is 4.77 Å². The molecule has 1 N–H and O–H groups in total. The van der Waals surface area contributed by atoms with E-state index in [1.165, 1.54) is 0 Å². The van der Waals surface area contributed by atoms with Gasteiger partial charge >= 0.3 is 0 Å².